The fourth-order valence-electron chi connectivity index (χ4n) is 1.56. The molecule has 0 bridgehead atoms. The number of nitrogens with one attached hydrogen (secondary N) is 1. The summed E-state index contributed by atoms with van der Waals surface area (Å²) in [6.07, 6.45) is 1.23. The summed E-state index contributed by atoms with van der Waals surface area (Å²) in [6, 6.07) is 0.645. The third kappa shape index (κ3) is 4.40. The van der Waals surface area contributed by atoms with E-state index >= 15 is 0 Å². The Kier molecular flexibility index (Phi) is 5.45. The third-order valence-corrected chi connectivity index (χ3v) is 2.98. The fourth-order valence-corrected chi connectivity index (χ4v) is 1.56. The number of ether oxygens (including phenoxy) is 1. The maximum atomic E-state index is 5.32. The van der Waals surface area contributed by atoms with Crippen LogP contribution in [0.3, 0.4) is 0 Å². The average molecular weight is 200 g/mol. The number of hydrogen-bond donors (Lipinski definition) is 1. The van der Waals surface area contributed by atoms with Gasteiger partial charge >= 0.3 is 0 Å². The van der Waals surface area contributed by atoms with Crippen LogP contribution in [-0.4, -0.2) is 50.8 Å². The van der Waals surface area contributed by atoms with Crippen molar-refractivity contribution >= 4 is 0 Å². The molecular formula is C11H24N2O. The highest BCUT2D eigenvalue weighted by Crippen LogP contribution is 2.10. The van der Waals surface area contributed by atoms with E-state index in [4.69, 9.17) is 4.74 Å². The van der Waals surface area contributed by atoms with Crippen LogP contribution in [0.25, 0.3) is 0 Å². The van der Waals surface area contributed by atoms with Gasteiger partial charge in [-0.25, -0.2) is 0 Å². The Morgan fingerprint density at radius 2 is 2.29 bits per heavy atom. The Balaban J connectivity index is 1.93. The quantitative estimate of drug-likeness (QED) is 0.646. The van der Waals surface area contributed by atoms with Crippen LogP contribution in [0.5, 0.6) is 0 Å². The standard InChI is InChI=1S/C11H24N2O/c1-10(2)13(3)6-5-12-8-11-4-7-14-9-11/h10-12H,4-9H2,1-3H3. The van der Waals surface area contributed by atoms with Gasteiger partial charge in [-0.15, -0.1) is 0 Å². The van der Waals surface area contributed by atoms with Gasteiger partial charge in [0.2, 0.25) is 0 Å². The van der Waals surface area contributed by atoms with Crippen molar-refractivity contribution in [3.05, 3.63) is 0 Å². The molecular weight excluding hydrogens is 176 g/mol. The zero-order valence-electron chi connectivity index (χ0n) is 9.75. The summed E-state index contributed by atoms with van der Waals surface area (Å²) in [6.45, 7) is 9.70. The number of nitrogens with zero attached hydrogens (tertiary/aromatic N) is 1. The van der Waals surface area contributed by atoms with Crippen LogP contribution in [0.2, 0.25) is 0 Å². The van der Waals surface area contributed by atoms with Crippen LogP contribution in [0.1, 0.15) is 20.3 Å². The molecule has 1 saturated heterocycles. The Morgan fingerprint density at radius 1 is 1.50 bits per heavy atom. The van der Waals surface area contributed by atoms with E-state index in [0.29, 0.717) is 6.04 Å². The van der Waals surface area contributed by atoms with Crippen LogP contribution < -0.4 is 5.32 Å². The molecule has 0 aliphatic carbocycles. The van der Waals surface area contributed by atoms with Gasteiger partial charge in [0.1, 0.15) is 0 Å². The van der Waals surface area contributed by atoms with E-state index in [9.17, 15) is 0 Å². The lowest BCUT2D eigenvalue weighted by molar-refractivity contribution is 0.185. The van der Waals surface area contributed by atoms with E-state index in [1.54, 1.807) is 0 Å². The molecule has 3 heteroatoms. The summed E-state index contributed by atoms with van der Waals surface area (Å²) in [7, 11) is 2.17. The number of rotatable bonds is 6. The van der Waals surface area contributed by atoms with Gasteiger partial charge in [0.15, 0.2) is 0 Å². The monoisotopic (exact) mass is 200 g/mol. The molecule has 3 nitrogen and oxygen atoms in total. The van der Waals surface area contributed by atoms with Gasteiger partial charge < -0.3 is 15.0 Å². The van der Waals surface area contributed by atoms with Crippen LogP contribution in [-0.2, 0) is 4.74 Å². The molecule has 1 aliphatic heterocycles. The Hall–Kier alpha value is -0.120. The Labute approximate surface area is 87.8 Å². The lowest BCUT2D eigenvalue weighted by Gasteiger charge is -2.21. The minimum atomic E-state index is 0.645. The molecule has 14 heavy (non-hydrogen) atoms. The molecule has 0 radical (unpaired) electrons. The van der Waals surface area contributed by atoms with Crippen LogP contribution in [0.15, 0.2) is 0 Å². The van der Waals surface area contributed by atoms with Crippen molar-refractivity contribution in [2.24, 2.45) is 5.92 Å². The van der Waals surface area contributed by atoms with E-state index in [-0.39, 0.29) is 0 Å². The van der Waals surface area contributed by atoms with Crippen molar-refractivity contribution in [1.82, 2.24) is 10.2 Å². The van der Waals surface area contributed by atoms with Gasteiger partial charge in [-0.05, 0) is 33.2 Å². The number of likely N-dealkylation sites (N-methyl/N-ethyl adjacent to an activating group) is 1. The second-order valence-electron chi connectivity index (χ2n) is 4.51. The van der Waals surface area contributed by atoms with Crippen molar-refractivity contribution in [1.29, 1.82) is 0 Å². The molecule has 1 N–H and O–H groups in total. The fraction of sp³-hybridized carbons (Fsp3) is 1.00. The highest BCUT2D eigenvalue weighted by atomic mass is 16.5. The first-order valence-electron chi connectivity index (χ1n) is 5.69. The molecule has 0 aromatic carbocycles. The SMILES string of the molecule is CC(C)N(C)CCNCC1CCOC1. The lowest BCUT2D eigenvalue weighted by atomic mass is 10.1. The van der Waals surface area contributed by atoms with E-state index < -0.39 is 0 Å². The molecule has 0 saturated carbocycles. The van der Waals surface area contributed by atoms with Gasteiger partial charge in [-0.1, -0.05) is 0 Å². The average Bonchev–Trinajstić information content (AvgIpc) is 2.64. The Bertz CT molecular complexity index is 140. The smallest absolute Gasteiger partial charge is 0.0507 e. The highest BCUT2D eigenvalue weighted by Gasteiger charge is 2.14. The molecule has 0 aromatic rings. The topological polar surface area (TPSA) is 24.5 Å². The molecule has 1 atom stereocenters. The predicted octanol–water partition coefficient (Wildman–Crippen LogP) is 0.953. The second-order valence-corrected chi connectivity index (χ2v) is 4.51. The number of hydrogen-bond acceptors (Lipinski definition) is 3. The molecule has 0 amide bonds. The molecule has 1 unspecified atom stereocenters. The summed E-state index contributed by atoms with van der Waals surface area (Å²) < 4.78 is 5.32. The zero-order valence-corrected chi connectivity index (χ0v) is 9.75. The first-order valence-corrected chi connectivity index (χ1v) is 5.69. The van der Waals surface area contributed by atoms with Crippen molar-refractivity contribution in [3.63, 3.8) is 0 Å². The molecule has 1 heterocycles. The van der Waals surface area contributed by atoms with E-state index in [0.717, 1.165) is 38.8 Å². The second kappa shape index (κ2) is 6.38. The highest BCUT2D eigenvalue weighted by molar-refractivity contribution is 4.67. The summed E-state index contributed by atoms with van der Waals surface area (Å²) in [5, 5.41) is 3.49. The zero-order chi connectivity index (χ0) is 10.4. The van der Waals surface area contributed by atoms with Crippen molar-refractivity contribution in [3.8, 4) is 0 Å². The Morgan fingerprint density at radius 3 is 2.86 bits per heavy atom. The first-order chi connectivity index (χ1) is 6.70. The summed E-state index contributed by atoms with van der Waals surface area (Å²) in [5.74, 6) is 0.749. The molecule has 1 rings (SSSR count). The third-order valence-electron chi connectivity index (χ3n) is 2.98. The first kappa shape index (κ1) is 12.0. The van der Waals surface area contributed by atoms with Crippen LogP contribution in [0, 0.1) is 5.92 Å². The lowest BCUT2D eigenvalue weighted by Crippen LogP contribution is -2.35. The van der Waals surface area contributed by atoms with Crippen molar-refractivity contribution < 1.29 is 4.74 Å². The molecule has 84 valence electrons. The predicted molar refractivity (Wildman–Crippen MR) is 59.6 cm³/mol. The van der Waals surface area contributed by atoms with E-state index in [1.807, 2.05) is 0 Å². The summed E-state index contributed by atoms with van der Waals surface area (Å²) >= 11 is 0. The minimum absolute atomic E-state index is 0.645. The normalized spacial score (nSPS) is 22.5. The van der Waals surface area contributed by atoms with Gasteiger partial charge in [0, 0.05) is 32.3 Å². The van der Waals surface area contributed by atoms with E-state index in [2.05, 4.69) is 31.1 Å². The van der Waals surface area contributed by atoms with Crippen LogP contribution >= 0.6 is 0 Å². The van der Waals surface area contributed by atoms with E-state index in [1.165, 1.54) is 6.42 Å². The molecule has 1 aliphatic rings. The molecule has 1 fully saturated rings. The molecule has 0 aromatic heterocycles. The van der Waals surface area contributed by atoms with Crippen molar-refractivity contribution in [2.75, 3.05) is 39.9 Å². The van der Waals surface area contributed by atoms with Crippen LogP contribution in [0.4, 0.5) is 0 Å². The maximum absolute atomic E-state index is 5.32. The minimum Gasteiger partial charge on any atom is -0.381 e. The van der Waals surface area contributed by atoms with Gasteiger partial charge in [0.05, 0.1) is 6.61 Å². The van der Waals surface area contributed by atoms with Crippen molar-refractivity contribution in [2.45, 2.75) is 26.3 Å². The molecule has 0 spiro atoms. The maximum Gasteiger partial charge on any atom is 0.0507 e. The van der Waals surface area contributed by atoms with Gasteiger partial charge in [-0.2, -0.15) is 0 Å². The largest absolute Gasteiger partial charge is 0.381 e. The summed E-state index contributed by atoms with van der Waals surface area (Å²) in [4.78, 5) is 2.36. The summed E-state index contributed by atoms with van der Waals surface area (Å²) in [5.41, 5.74) is 0. The van der Waals surface area contributed by atoms with Gasteiger partial charge in [-0.3, -0.25) is 0 Å². The van der Waals surface area contributed by atoms with Gasteiger partial charge in [0.25, 0.3) is 0 Å².